The number of hydrogen-bond donors (Lipinski definition) is 0. The Bertz CT molecular complexity index is 219. The number of rotatable bonds is 2. The van der Waals surface area contributed by atoms with Crippen LogP contribution in [0.1, 0.15) is 13.3 Å². The normalized spacial score (nSPS) is 30.6. The zero-order valence-corrected chi connectivity index (χ0v) is 8.83. The molecule has 0 aromatic carbocycles. The molecule has 0 aromatic rings. The lowest BCUT2D eigenvalue weighted by atomic mass is 10.3. The highest BCUT2D eigenvalue weighted by molar-refractivity contribution is 7.85. The second-order valence-corrected chi connectivity index (χ2v) is 5.54. The summed E-state index contributed by atoms with van der Waals surface area (Å²) in [6.07, 6.45) is -4.85. The summed E-state index contributed by atoms with van der Waals surface area (Å²) in [7, 11) is -0.853. The van der Waals surface area contributed by atoms with Crippen molar-refractivity contribution >= 4 is 10.8 Å². The van der Waals surface area contributed by atoms with Crippen LogP contribution in [0, 0.1) is 0 Å². The van der Waals surface area contributed by atoms with Gasteiger partial charge in [-0.1, -0.05) is 0 Å². The Balaban J connectivity index is 2.30. The van der Waals surface area contributed by atoms with Gasteiger partial charge in [0.2, 0.25) is 0 Å². The van der Waals surface area contributed by atoms with Gasteiger partial charge in [0.1, 0.15) is 0 Å². The molecule has 0 spiro atoms. The molecule has 0 amide bonds. The second-order valence-electron chi connectivity index (χ2n) is 3.56. The molecule has 1 aliphatic heterocycles. The molecule has 84 valence electrons. The van der Waals surface area contributed by atoms with Gasteiger partial charge in [0, 0.05) is 41.4 Å². The van der Waals surface area contributed by atoms with E-state index in [-0.39, 0.29) is 11.8 Å². The van der Waals surface area contributed by atoms with E-state index in [0.717, 1.165) is 0 Å². The van der Waals surface area contributed by atoms with E-state index in [4.69, 9.17) is 0 Å². The molecule has 14 heavy (non-hydrogen) atoms. The molecule has 0 aromatic heterocycles. The fraction of sp³-hybridized carbons (Fsp3) is 1.00. The fourth-order valence-corrected chi connectivity index (χ4v) is 2.66. The molecule has 0 bridgehead atoms. The van der Waals surface area contributed by atoms with Gasteiger partial charge in [0.15, 0.2) is 0 Å². The topological polar surface area (TPSA) is 20.3 Å². The largest absolute Gasteiger partial charge is 0.390 e. The Labute approximate surface area is 83.9 Å². The average Bonchev–Trinajstić information content (AvgIpc) is 2.06. The third-order valence-electron chi connectivity index (χ3n) is 2.28. The third kappa shape index (κ3) is 3.96. The first-order chi connectivity index (χ1) is 6.38. The van der Waals surface area contributed by atoms with E-state index in [1.54, 1.807) is 4.90 Å². The third-order valence-corrected chi connectivity index (χ3v) is 3.92. The number of hydrogen-bond acceptors (Lipinski definition) is 2. The van der Waals surface area contributed by atoms with Crippen LogP contribution < -0.4 is 0 Å². The summed E-state index contributed by atoms with van der Waals surface area (Å²) >= 11 is 0. The minimum absolute atomic E-state index is 0.00279. The van der Waals surface area contributed by atoms with Crippen molar-refractivity contribution in [3.8, 4) is 0 Å². The van der Waals surface area contributed by atoms with Gasteiger partial charge < -0.3 is 4.90 Å². The van der Waals surface area contributed by atoms with E-state index in [9.17, 15) is 17.4 Å². The van der Waals surface area contributed by atoms with Crippen LogP contribution in [0.3, 0.4) is 0 Å². The molecule has 0 N–H and O–H groups in total. The highest BCUT2D eigenvalue weighted by atomic mass is 32.2. The van der Waals surface area contributed by atoms with Crippen molar-refractivity contribution in [2.24, 2.45) is 0 Å². The first-order valence-electron chi connectivity index (χ1n) is 4.55. The smallest absolute Gasteiger partial charge is 0.301 e. The lowest BCUT2D eigenvalue weighted by Crippen LogP contribution is -2.43. The van der Waals surface area contributed by atoms with Crippen molar-refractivity contribution in [3.05, 3.63) is 0 Å². The zero-order valence-electron chi connectivity index (χ0n) is 8.01. The fourth-order valence-electron chi connectivity index (χ4n) is 1.45. The Morgan fingerprint density at radius 2 is 2.14 bits per heavy atom. The summed E-state index contributed by atoms with van der Waals surface area (Å²) in [5.74, 6) is 0.499. The predicted octanol–water partition coefficient (Wildman–Crippen LogP) is 1.39. The van der Waals surface area contributed by atoms with Gasteiger partial charge in [0.05, 0.1) is 6.42 Å². The minimum atomic E-state index is -4.08. The minimum Gasteiger partial charge on any atom is -0.301 e. The van der Waals surface area contributed by atoms with Crippen LogP contribution in [0.15, 0.2) is 0 Å². The summed E-state index contributed by atoms with van der Waals surface area (Å²) < 4.78 is 46.9. The Hall–Kier alpha value is -0.100. The summed E-state index contributed by atoms with van der Waals surface area (Å²) in [5.41, 5.74) is 0. The van der Waals surface area contributed by atoms with Crippen LogP contribution in [0.25, 0.3) is 0 Å². The number of halogens is 3. The van der Waals surface area contributed by atoms with Crippen LogP contribution in [0.4, 0.5) is 13.2 Å². The number of alkyl halides is 3. The molecular weight excluding hydrogens is 215 g/mol. The molecule has 1 fully saturated rings. The maximum Gasteiger partial charge on any atom is 0.390 e. The first-order valence-corrected chi connectivity index (χ1v) is 5.93. The van der Waals surface area contributed by atoms with Gasteiger partial charge >= 0.3 is 6.18 Å². The van der Waals surface area contributed by atoms with Crippen LogP contribution in [-0.2, 0) is 10.8 Å². The molecule has 0 radical (unpaired) electrons. The van der Waals surface area contributed by atoms with E-state index in [1.807, 2.05) is 6.92 Å². The predicted molar refractivity (Wildman–Crippen MR) is 49.6 cm³/mol. The monoisotopic (exact) mass is 229 g/mol. The van der Waals surface area contributed by atoms with Gasteiger partial charge in [0.25, 0.3) is 0 Å². The maximum atomic E-state index is 11.9. The highest BCUT2D eigenvalue weighted by Crippen LogP contribution is 2.20. The molecule has 1 saturated heterocycles. The van der Waals surface area contributed by atoms with Crippen LogP contribution in [0.5, 0.6) is 0 Å². The zero-order chi connectivity index (χ0) is 10.8. The lowest BCUT2D eigenvalue weighted by Gasteiger charge is -2.30. The van der Waals surface area contributed by atoms with E-state index in [1.165, 1.54) is 0 Å². The Morgan fingerprint density at radius 1 is 1.50 bits per heavy atom. The molecular formula is C8H14F3NOS. The van der Waals surface area contributed by atoms with Crippen molar-refractivity contribution in [2.75, 3.05) is 25.4 Å². The van der Waals surface area contributed by atoms with Crippen LogP contribution in [-0.4, -0.2) is 45.9 Å². The van der Waals surface area contributed by atoms with Gasteiger partial charge in [-0.05, 0) is 6.92 Å². The van der Waals surface area contributed by atoms with Gasteiger partial charge in [-0.3, -0.25) is 4.21 Å². The van der Waals surface area contributed by atoms with Gasteiger partial charge in [-0.2, -0.15) is 13.2 Å². The summed E-state index contributed by atoms with van der Waals surface area (Å²) in [6.45, 7) is 2.89. The first kappa shape index (κ1) is 12.0. The van der Waals surface area contributed by atoms with E-state index in [2.05, 4.69) is 0 Å². The van der Waals surface area contributed by atoms with Crippen LogP contribution in [0.2, 0.25) is 0 Å². The van der Waals surface area contributed by atoms with Gasteiger partial charge in [-0.25, -0.2) is 0 Å². The van der Waals surface area contributed by atoms with Gasteiger partial charge in [-0.15, -0.1) is 0 Å². The van der Waals surface area contributed by atoms with E-state index < -0.39 is 23.4 Å². The Morgan fingerprint density at radius 3 is 2.64 bits per heavy atom. The molecule has 0 aliphatic carbocycles. The quantitative estimate of drug-likeness (QED) is 0.713. The number of nitrogens with zero attached hydrogens (tertiary/aromatic N) is 1. The Kier molecular flexibility index (Phi) is 3.94. The SMILES string of the molecule is CC1CN(CCC(F)(F)F)CCS1=O. The molecule has 2 atom stereocenters. The van der Waals surface area contributed by atoms with Crippen LogP contribution >= 0.6 is 0 Å². The summed E-state index contributed by atoms with van der Waals surface area (Å²) in [4.78, 5) is 1.74. The van der Waals surface area contributed by atoms with Crippen molar-refractivity contribution in [3.63, 3.8) is 0 Å². The molecule has 2 nitrogen and oxygen atoms in total. The molecule has 1 heterocycles. The summed E-state index contributed by atoms with van der Waals surface area (Å²) in [5, 5.41) is -0.00279. The van der Waals surface area contributed by atoms with E-state index >= 15 is 0 Å². The van der Waals surface area contributed by atoms with Crippen molar-refractivity contribution in [1.29, 1.82) is 0 Å². The maximum absolute atomic E-state index is 11.9. The van der Waals surface area contributed by atoms with Crippen molar-refractivity contribution in [1.82, 2.24) is 4.90 Å². The average molecular weight is 229 g/mol. The standard InChI is InChI=1S/C8H14F3NOS/c1-7-6-12(4-5-14(7)13)3-2-8(9,10)11/h7H,2-6H2,1H3. The lowest BCUT2D eigenvalue weighted by molar-refractivity contribution is -0.137. The second kappa shape index (κ2) is 4.61. The molecule has 6 heteroatoms. The molecule has 1 rings (SSSR count). The molecule has 2 unspecified atom stereocenters. The molecule has 1 aliphatic rings. The highest BCUT2D eigenvalue weighted by Gasteiger charge is 2.29. The van der Waals surface area contributed by atoms with Crippen molar-refractivity contribution in [2.45, 2.75) is 24.8 Å². The molecule has 0 saturated carbocycles. The summed E-state index contributed by atoms with van der Waals surface area (Å²) in [6, 6.07) is 0. The van der Waals surface area contributed by atoms with E-state index in [0.29, 0.717) is 18.8 Å². The van der Waals surface area contributed by atoms with Crippen molar-refractivity contribution < 1.29 is 17.4 Å².